The third-order valence-corrected chi connectivity index (χ3v) is 12.7. The van der Waals surface area contributed by atoms with E-state index in [1.165, 1.54) is 161 Å². The molecule has 9 nitrogen and oxygen atoms in total. The maximum atomic E-state index is 12.7. The standard InChI is InChI=1S/C53H102NO8P/c1-6-8-10-12-14-16-18-19-20-21-22-23-24-25-26-27-28-29-30-31-32-33-34-35-36-38-40-42-44-46-53(56)62-51(50-61-63(57,58)60-48-47-54(3,4)5)49-59-52(55)45-43-41-39-37-17-15-13-11-9-7-2/h11,13,21-22,51H,6-10,12,14-20,23-50H2,1-5H3/p+1/b13-11-,22-21-. The highest BCUT2D eigenvalue weighted by Crippen LogP contribution is 2.43. The van der Waals surface area contributed by atoms with Crippen molar-refractivity contribution in [1.29, 1.82) is 0 Å². The molecule has 0 aromatic rings. The molecule has 372 valence electrons. The van der Waals surface area contributed by atoms with Gasteiger partial charge < -0.3 is 18.9 Å². The van der Waals surface area contributed by atoms with Crippen molar-refractivity contribution < 1.29 is 42.1 Å². The Balaban J connectivity index is 4.01. The minimum absolute atomic E-state index is 0.0324. The Morgan fingerprint density at radius 1 is 0.476 bits per heavy atom. The van der Waals surface area contributed by atoms with E-state index < -0.39 is 26.5 Å². The van der Waals surface area contributed by atoms with Crippen LogP contribution in [-0.4, -0.2) is 74.9 Å². The van der Waals surface area contributed by atoms with Gasteiger partial charge in [-0.15, -0.1) is 0 Å². The van der Waals surface area contributed by atoms with Crippen LogP contribution in [0.5, 0.6) is 0 Å². The maximum absolute atomic E-state index is 12.7. The summed E-state index contributed by atoms with van der Waals surface area (Å²) in [5.41, 5.74) is 0. The smallest absolute Gasteiger partial charge is 0.462 e. The number of phosphoric acid groups is 1. The van der Waals surface area contributed by atoms with Crippen molar-refractivity contribution in [3.63, 3.8) is 0 Å². The second kappa shape index (κ2) is 45.6. The van der Waals surface area contributed by atoms with Gasteiger partial charge in [-0.25, -0.2) is 4.57 Å². The monoisotopic (exact) mass is 913 g/mol. The van der Waals surface area contributed by atoms with Crippen LogP contribution >= 0.6 is 7.82 Å². The summed E-state index contributed by atoms with van der Waals surface area (Å²) in [5.74, 6) is -0.801. The van der Waals surface area contributed by atoms with E-state index in [1.54, 1.807) is 0 Å². The fourth-order valence-electron chi connectivity index (χ4n) is 7.54. The zero-order valence-corrected chi connectivity index (χ0v) is 43.0. The molecule has 1 N–H and O–H groups in total. The Bertz CT molecular complexity index is 1120. The highest BCUT2D eigenvalue weighted by molar-refractivity contribution is 7.47. The van der Waals surface area contributed by atoms with Gasteiger partial charge in [0.25, 0.3) is 0 Å². The molecule has 10 heteroatoms. The average molecular weight is 913 g/mol. The molecular formula is C53H103NO8P+. The summed E-state index contributed by atoms with van der Waals surface area (Å²) in [6.45, 7) is 4.38. The zero-order chi connectivity index (χ0) is 46.4. The summed E-state index contributed by atoms with van der Waals surface area (Å²) in [5, 5.41) is 0. The highest BCUT2D eigenvalue weighted by Gasteiger charge is 2.27. The number of allylic oxidation sites excluding steroid dienone is 4. The van der Waals surface area contributed by atoms with Gasteiger partial charge in [0.15, 0.2) is 6.10 Å². The van der Waals surface area contributed by atoms with Gasteiger partial charge >= 0.3 is 19.8 Å². The Labute approximate surface area is 389 Å². The lowest BCUT2D eigenvalue weighted by Gasteiger charge is -2.24. The van der Waals surface area contributed by atoms with E-state index in [4.69, 9.17) is 18.5 Å². The molecule has 0 fully saturated rings. The van der Waals surface area contributed by atoms with Crippen LogP contribution in [0.1, 0.15) is 251 Å². The van der Waals surface area contributed by atoms with Crippen LogP contribution in [0.15, 0.2) is 24.3 Å². The molecule has 0 saturated carbocycles. The van der Waals surface area contributed by atoms with Crippen molar-refractivity contribution >= 4 is 19.8 Å². The molecule has 0 rings (SSSR count). The fourth-order valence-corrected chi connectivity index (χ4v) is 8.28. The molecule has 63 heavy (non-hydrogen) atoms. The molecule has 0 aliphatic heterocycles. The summed E-state index contributed by atoms with van der Waals surface area (Å²) in [7, 11) is 1.48. The number of rotatable bonds is 49. The first-order chi connectivity index (χ1) is 30.5. The van der Waals surface area contributed by atoms with E-state index >= 15 is 0 Å². The minimum Gasteiger partial charge on any atom is -0.462 e. The van der Waals surface area contributed by atoms with E-state index in [9.17, 15) is 19.0 Å². The third kappa shape index (κ3) is 49.8. The number of carbonyl (C=O) groups excluding carboxylic acids is 2. The number of unbranched alkanes of at least 4 members (excludes halogenated alkanes) is 31. The van der Waals surface area contributed by atoms with Crippen molar-refractivity contribution in [2.75, 3.05) is 47.5 Å². The summed E-state index contributed by atoms with van der Waals surface area (Å²) in [4.78, 5) is 35.4. The molecule has 0 amide bonds. The van der Waals surface area contributed by atoms with Gasteiger partial charge in [-0.3, -0.25) is 18.6 Å². The van der Waals surface area contributed by atoms with Gasteiger partial charge in [0.05, 0.1) is 27.7 Å². The number of carbonyl (C=O) groups is 2. The van der Waals surface area contributed by atoms with Crippen molar-refractivity contribution in [2.24, 2.45) is 0 Å². The molecule has 0 aliphatic rings. The first kappa shape index (κ1) is 61.5. The molecule has 0 heterocycles. The molecule has 0 bridgehead atoms. The zero-order valence-electron chi connectivity index (χ0n) is 42.1. The van der Waals surface area contributed by atoms with Crippen LogP contribution in [0.25, 0.3) is 0 Å². The normalized spacial score (nSPS) is 13.6. The Morgan fingerprint density at radius 2 is 0.841 bits per heavy atom. The van der Waals surface area contributed by atoms with Crippen molar-refractivity contribution in [2.45, 2.75) is 258 Å². The summed E-state index contributed by atoms with van der Waals surface area (Å²) in [6, 6.07) is 0. The van der Waals surface area contributed by atoms with Crippen LogP contribution in [-0.2, 0) is 32.7 Å². The quantitative estimate of drug-likeness (QED) is 0.0211. The van der Waals surface area contributed by atoms with Gasteiger partial charge in [0.1, 0.15) is 19.8 Å². The average Bonchev–Trinajstić information content (AvgIpc) is 3.24. The van der Waals surface area contributed by atoms with Crippen molar-refractivity contribution in [3.8, 4) is 0 Å². The predicted octanol–water partition coefficient (Wildman–Crippen LogP) is 15.9. The van der Waals surface area contributed by atoms with Crippen LogP contribution in [0.3, 0.4) is 0 Å². The number of phosphoric ester groups is 1. The van der Waals surface area contributed by atoms with E-state index in [-0.39, 0.29) is 32.0 Å². The van der Waals surface area contributed by atoms with Gasteiger partial charge in [-0.2, -0.15) is 0 Å². The fraction of sp³-hybridized carbons (Fsp3) is 0.887. The summed E-state index contributed by atoms with van der Waals surface area (Å²) < 4.78 is 34.4. The van der Waals surface area contributed by atoms with Crippen molar-refractivity contribution in [3.05, 3.63) is 24.3 Å². The van der Waals surface area contributed by atoms with Crippen LogP contribution in [0.4, 0.5) is 0 Å². The highest BCUT2D eigenvalue weighted by atomic mass is 31.2. The molecule has 2 unspecified atom stereocenters. The Kier molecular flexibility index (Phi) is 44.5. The first-order valence-electron chi connectivity index (χ1n) is 26.6. The number of quaternary nitrogens is 1. The lowest BCUT2D eigenvalue weighted by Crippen LogP contribution is -2.37. The van der Waals surface area contributed by atoms with E-state index in [2.05, 4.69) is 38.2 Å². The Morgan fingerprint density at radius 3 is 1.24 bits per heavy atom. The molecular weight excluding hydrogens is 810 g/mol. The molecule has 0 aromatic heterocycles. The van der Waals surface area contributed by atoms with Crippen LogP contribution in [0.2, 0.25) is 0 Å². The molecule has 0 radical (unpaired) electrons. The number of ether oxygens (including phenoxy) is 2. The summed E-state index contributed by atoms with van der Waals surface area (Å²) >= 11 is 0. The lowest BCUT2D eigenvalue weighted by molar-refractivity contribution is -0.870. The minimum atomic E-state index is -4.37. The van der Waals surface area contributed by atoms with Crippen molar-refractivity contribution in [1.82, 2.24) is 0 Å². The second-order valence-corrected chi connectivity index (χ2v) is 20.7. The molecule has 0 aromatic carbocycles. The van der Waals surface area contributed by atoms with Gasteiger partial charge in [0.2, 0.25) is 0 Å². The largest absolute Gasteiger partial charge is 0.472 e. The third-order valence-electron chi connectivity index (χ3n) is 11.7. The van der Waals surface area contributed by atoms with Gasteiger partial charge in [0, 0.05) is 12.8 Å². The van der Waals surface area contributed by atoms with Crippen LogP contribution < -0.4 is 0 Å². The first-order valence-corrected chi connectivity index (χ1v) is 28.1. The molecule has 0 aliphatic carbocycles. The number of hydrogen-bond acceptors (Lipinski definition) is 7. The number of nitrogens with zero attached hydrogens (tertiary/aromatic N) is 1. The molecule has 0 saturated heterocycles. The number of hydrogen-bond donors (Lipinski definition) is 1. The van der Waals surface area contributed by atoms with E-state index in [1.807, 2.05) is 21.1 Å². The summed E-state index contributed by atoms with van der Waals surface area (Å²) in [6.07, 6.45) is 52.6. The van der Waals surface area contributed by atoms with Gasteiger partial charge in [-0.1, -0.05) is 205 Å². The Hall–Kier alpha value is -1.51. The molecule has 0 spiro atoms. The van der Waals surface area contributed by atoms with E-state index in [0.717, 1.165) is 57.8 Å². The van der Waals surface area contributed by atoms with E-state index in [0.29, 0.717) is 17.4 Å². The topological polar surface area (TPSA) is 108 Å². The van der Waals surface area contributed by atoms with Crippen LogP contribution in [0, 0.1) is 0 Å². The molecule has 2 atom stereocenters. The SMILES string of the molecule is CCC/C=C\CCCCCCCC(=O)OCC(COP(=O)(O)OCC[N+](C)(C)C)OC(=O)CCCCCCCCCCCCCCCCCCC/C=C\CCCCCCCCCC. The van der Waals surface area contributed by atoms with Gasteiger partial charge in [-0.05, 0) is 57.8 Å². The maximum Gasteiger partial charge on any atom is 0.472 e. The number of likely N-dealkylation sites (N-methyl/N-ethyl adjacent to an activating group) is 1. The second-order valence-electron chi connectivity index (χ2n) is 19.3. The lowest BCUT2D eigenvalue weighted by atomic mass is 10.0. The number of esters is 2. The predicted molar refractivity (Wildman–Crippen MR) is 266 cm³/mol.